The highest BCUT2D eigenvalue weighted by molar-refractivity contribution is 5.79. The van der Waals surface area contributed by atoms with E-state index in [4.69, 9.17) is 4.98 Å². The topological polar surface area (TPSA) is 33.1 Å². The van der Waals surface area contributed by atoms with Gasteiger partial charge in [-0.15, -0.1) is 0 Å². The van der Waals surface area contributed by atoms with E-state index in [1.54, 1.807) is 0 Å². The lowest BCUT2D eigenvalue weighted by atomic mass is 10.1. The summed E-state index contributed by atoms with van der Waals surface area (Å²) in [6, 6.07) is 6.62. The van der Waals surface area contributed by atoms with Gasteiger partial charge < -0.3 is 14.8 Å². The van der Waals surface area contributed by atoms with Gasteiger partial charge in [0.15, 0.2) is 0 Å². The zero-order valence-electron chi connectivity index (χ0n) is 11.8. The van der Waals surface area contributed by atoms with Gasteiger partial charge in [-0.25, -0.2) is 4.98 Å². The molecule has 2 heterocycles. The maximum absolute atomic E-state index is 4.85. The number of anilines is 1. The molecule has 0 aliphatic carbocycles. The Kier molecular flexibility index (Phi) is 3.42. The summed E-state index contributed by atoms with van der Waals surface area (Å²) in [6.07, 6.45) is 2.25. The Morgan fingerprint density at radius 3 is 3.00 bits per heavy atom. The first kappa shape index (κ1) is 12.5. The van der Waals surface area contributed by atoms with Gasteiger partial charge in [0.1, 0.15) is 0 Å². The minimum absolute atomic E-state index is 1.04. The second-order valence-corrected chi connectivity index (χ2v) is 5.24. The van der Waals surface area contributed by atoms with Crippen molar-refractivity contribution in [2.75, 3.05) is 31.1 Å². The molecule has 4 nitrogen and oxygen atoms in total. The summed E-state index contributed by atoms with van der Waals surface area (Å²) in [4.78, 5) is 7.24. The molecule has 0 radical (unpaired) electrons. The fourth-order valence-corrected chi connectivity index (χ4v) is 2.78. The van der Waals surface area contributed by atoms with Gasteiger partial charge in [-0.3, -0.25) is 0 Å². The molecule has 3 rings (SSSR count). The third-order valence-electron chi connectivity index (χ3n) is 3.95. The third-order valence-corrected chi connectivity index (χ3v) is 3.95. The molecule has 0 unspecified atom stereocenters. The van der Waals surface area contributed by atoms with E-state index in [-0.39, 0.29) is 0 Å². The minimum atomic E-state index is 1.04. The molecule has 0 atom stereocenters. The maximum Gasteiger partial charge on any atom is 0.206 e. The largest absolute Gasteiger partial charge is 0.341 e. The van der Waals surface area contributed by atoms with Crippen molar-refractivity contribution in [3.05, 3.63) is 23.8 Å². The number of nitrogens with zero attached hydrogens (tertiary/aromatic N) is 3. The van der Waals surface area contributed by atoms with Crippen molar-refractivity contribution < 1.29 is 0 Å². The van der Waals surface area contributed by atoms with E-state index in [9.17, 15) is 0 Å². The SMILES string of the molecule is CCc1ccc2c(c1)nc(N1CCCNCC1)n2C. The molecule has 102 valence electrons. The quantitative estimate of drug-likeness (QED) is 0.893. The van der Waals surface area contributed by atoms with Crippen LogP contribution in [0.1, 0.15) is 18.9 Å². The molecule has 0 bridgehead atoms. The monoisotopic (exact) mass is 258 g/mol. The molecule has 1 aromatic heterocycles. The summed E-state index contributed by atoms with van der Waals surface area (Å²) in [7, 11) is 2.12. The first-order chi connectivity index (χ1) is 9.29. The van der Waals surface area contributed by atoms with E-state index >= 15 is 0 Å². The number of aryl methyl sites for hydroxylation is 2. The van der Waals surface area contributed by atoms with Crippen molar-refractivity contribution in [1.29, 1.82) is 0 Å². The number of benzene rings is 1. The lowest BCUT2D eigenvalue weighted by molar-refractivity contribution is 0.724. The van der Waals surface area contributed by atoms with Crippen LogP contribution in [0.5, 0.6) is 0 Å². The van der Waals surface area contributed by atoms with Crippen LogP contribution in [0.3, 0.4) is 0 Å². The molecular weight excluding hydrogens is 236 g/mol. The van der Waals surface area contributed by atoms with E-state index in [0.29, 0.717) is 0 Å². The van der Waals surface area contributed by atoms with Crippen LogP contribution in [0.2, 0.25) is 0 Å². The molecule has 1 N–H and O–H groups in total. The average Bonchev–Trinajstić information content (AvgIpc) is 2.64. The number of fused-ring (bicyclic) bond motifs is 1. The van der Waals surface area contributed by atoms with Gasteiger partial charge in [-0.1, -0.05) is 13.0 Å². The zero-order chi connectivity index (χ0) is 13.2. The summed E-state index contributed by atoms with van der Waals surface area (Å²) in [5.74, 6) is 1.10. The third kappa shape index (κ3) is 2.32. The fraction of sp³-hybridized carbons (Fsp3) is 0.533. The van der Waals surface area contributed by atoms with Crippen LogP contribution < -0.4 is 10.2 Å². The first-order valence-corrected chi connectivity index (χ1v) is 7.20. The predicted molar refractivity (Wildman–Crippen MR) is 79.8 cm³/mol. The molecule has 2 aromatic rings. The van der Waals surface area contributed by atoms with E-state index < -0.39 is 0 Å². The predicted octanol–water partition coefficient (Wildman–Crippen LogP) is 1.94. The van der Waals surface area contributed by atoms with E-state index in [1.165, 1.54) is 17.5 Å². The van der Waals surface area contributed by atoms with Gasteiger partial charge in [-0.2, -0.15) is 0 Å². The number of hydrogen-bond donors (Lipinski definition) is 1. The molecule has 0 amide bonds. The molecule has 1 aliphatic rings. The normalized spacial score (nSPS) is 16.8. The van der Waals surface area contributed by atoms with Crippen molar-refractivity contribution in [1.82, 2.24) is 14.9 Å². The Morgan fingerprint density at radius 2 is 2.16 bits per heavy atom. The smallest absolute Gasteiger partial charge is 0.206 e. The van der Waals surface area contributed by atoms with Gasteiger partial charge in [0.2, 0.25) is 5.95 Å². The zero-order valence-corrected chi connectivity index (χ0v) is 11.8. The number of nitrogens with one attached hydrogen (secondary N) is 1. The molecule has 0 saturated carbocycles. The van der Waals surface area contributed by atoms with Crippen LogP contribution >= 0.6 is 0 Å². The summed E-state index contributed by atoms with van der Waals surface area (Å²) in [5, 5.41) is 3.44. The number of hydrogen-bond acceptors (Lipinski definition) is 3. The molecule has 19 heavy (non-hydrogen) atoms. The van der Waals surface area contributed by atoms with Crippen molar-refractivity contribution in [3.63, 3.8) is 0 Å². The van der Waals surface area contributed by atoms with E-state index in [1.807, 2.05) is 0 Å². The highest BCUT2D eigenvalue weighted by Crippen LogP contribution is 2.23. The van der Waals surface area contributed by atoms with Crippen LogP contribution in [0.4, 0.5) is 5.95 Å². The van der Waals surface area contributed by atoms with Crippen molar-refractivity contribution in [3.8, 4) is 0 Å². The van der Waals surface area contributed by atoms with Crippen LogP contribution in [-0.2, 0) is 13.5 Å². The maximum atomic E-state index is 4.85. The summed E-state index contributed by atoms with van der Waals surface area (Å²) >= 11 is 0. The lowest BCUT2D eigenvalue weighted by Crippen LogP contribution is -2.29. The average molecular weight is 258 g/mol. The molecule has 1 aromatic carbocycles. The Morgan fingerprint density at radius 1 is 1.26 bits per heavy atom. The second-order valence-electron chi connectivity index (χ2n) is 5.24. The molecule has 1 aliphatic heterocycles. The Bertz CT molecular complexity index is 565. The van der Waals surface area contributed by atoms with Crippen LogP contribution in [0.25, 0.3) is 11.0 Å². The van der Waals surface area contributed by atoms with E-state index in [2.05, 4.69) is 47.0 Å². The first-order valence-electron chi connectivity index (χ1n) is 7.20. The second kappa shape index (κ2) is 5.21. The van der Waals surface area contributed by atoms with Gasteiger partial charge in [-0.05, 0) is 37.1 Å². The number of aromatic nitrogens is 2. The van der Waals surface area contributed by atoms with Gasteiger partial charge in [0, 0.05) is 26.7 Å². The molecule has 0 spiro atoms. The Labute approximate surface area is 114 Å². The molecular formula is C15H22N4. The highest BCUT2D eigenvalue weighted by Gasteiger charge is 2.16. The van der Waals surface area contributed by atoms with Crippen LogP contribution in [0.15, 0.2) is 18.2 Å². The van der Waals surface area contributed by atoms with Crippen molar-refractivity contribution >= 4 is 17.0 Å². The summed E-state index contributed by atoms with van der Waals surface area (Å²) in [5.41, 5.74) is 3.70. The summed E-state index contributed by atoms with van der Waals surface area (Å²) in [6.45, 7) is 6.47. The van der Waals surface area contributed by atoms with Gasteiger partial charge in [0.25, 0.3) is 0 Å². The fourth-order valence-electron chi connectivity index (χ4n) is 2.78. The van der Waals surface area contributed by atoms with Crippen molar-refractivity contribution in [2.45, 2.75) is 19.8 Å². The van der Waals surface area contributed by atoms with Crippen LogP contribution in [-0.4, -0.2) is 35.7 Å². The van der Waals surface area contributed by atoms with E-state index in [0.717, 1.165) is 44.1 Å². The van der Waals surface area contributed by atoms with Gasteiger partial charge in [0.05, 0.1) is 11.0 Å². The molecule has 1 saturated heterocycles. The molecule has 4 heteroatoms. The lowest BCUT2D eigenvalue weighted by Gasteiger charge is -2.20. The highest BCUT2D eigenvalue weighted by atomic mass is 15.3. The summed E-state index contributed by atoms with van der Waals surface area (Å²) < 4.78 is 2.22. The van der Waals surface area contributed by atoms with Crippen molar-refractivity contribution in [2.24, 2.45) is 7.05 Å². The molecule has 1 fully saturated rings. The number of rotatable bonds is 2. The van der Waals surface area contributed by atoms with Gasteiger partial charge >= 0.3 is 0 Å². The number of imidazole rings is 1. The standard InChI is InChI=1S/C15H22N4/c1-3-12-5-6-14-13(11-12)17-15(18(14)2)19-9-4-7-16-8-10-19/h5-6,11,16H,3-4,7-10H2,1-2H3. The van der Waals surface area contributed by atoms with Crippen LogP contribution in [0, 0.1) is 0 Å². The Hall–Kier alpha value is -1.55. The minimum Gasteiger partial charge on any atom is -0.341 e. The Balaban J connectivity index is 2.00.